The van der Waals surface area contributed by atoms with Crippen LogP contribution in [0, 0.1) is 11.8 Å². The predicted molar refractivity (Wildman–Crippen MR) is 77.9 cm³/mol. The summed E-state index contributed by atoms with van der Waals surface area (Å²) in [5.41, 5.74) is 1.69. The second-order valence-corrected chi connectivity index (χ2v) is 6.58. The van der Waals surface area contributed by atoms with Gasteiger partial charge in [0, 0.05) is 11.5 Å². The molecular weight excluding hydrogens is 236 g/mol. The van der Waals surface area contributed by atoms with Crippen LogP contribution in [0.25, 0.3) is 0 Å². The maximum absolute atomic E-state index is 11.5. The molecule has 1 rings (SSSR count). The van der Waals surface area contributed by atoms with Gasteiger partial charge in [0.2, 0.25) is 0 Å². The van der Waals surface area contributed by atoms with Gasteiger partial charge in [-0.3, -0.25) is 0 Å². The Kier molecular flexibility index (Phi) is 4.42. The quantitative estimate of drug-likeness (QED) is 0.524. The molecule has 0 saturated carbocycles. The Hall–Kier alpha value is -1.75. The van der Waals surface area contributed by atoms with E-state index in [0.29, 0.717) is 0 Å². The lowest BCUT2D eigenvalue weighted by Crippen LogP contribution is -2.22. The average molecular weight is 258 g/mol. The van der Waals surface area contributed by atoms with Gasteiger partial charge >= 0.3 is 5.97 Å². The molecule has 0 saturated heterocycles. The summed E-state index contributed by atoms with van der Waals surface area (Å²) >= 11 is 0. The Morgan fingerprint density at radius 1 is 1.00 bits per heavy atom. The maximum atomic E-state index is 11.5. The molecule has 1 aromatic carbocycles. The molecule has 0 aliphatic carbocycles. The number of carbonyl (C=O) groups excluding carboxylic acids is 1. The van der Waals surface area contributed by atoms with E-state index in [9.17, 15) is 4.79 Å². The van der Waals surface area contributed by atoms with Gasteiger partial charge in [0.15, 0.2) is 0 Å². The highest BCUT2D eigenvalue weighted by molar-refractivity contribution is 5.89. The summed E-state index contributed by atoms with van der Waals surface area (Å²) < 4.78 is 5.12. The van der Waals surface area contributed by atoms with Crippen LogP contribution < -0.4 is 0 Å². The molecule has 19 heavy (non-hydrogen) atoms. The number of rotatable bonds is 0. The van der Waals surface area contributed by atoms with Crippen molar-refractivity contribution in [2.75, 3.05) is 0 Å². The molecule has 0 spiro atoms. The summed E-state index contributed by atoms with van der Waals surface area (Å²) in [6.45, 7) is 12.0. The molecule has 1 aromatic rings. The van der Waals surface area contributed by atoms with Gasteiger partial charge < -0.3 is 4.74 Å². The minimum atomic E-state index is -0.498. The molecule has 0 fully saturated rings. The van der Waals surface area contributed by atoms with Gasteiger partial charge in [0.25, 0.3) is 0 Å². The van der Waals surface area contributed by atoms with Crippen molar-refractivity contribution in [2.45, 2.75) is 52.6 Å². The van der Waals surface area contributed by atoms with E-state index in [1.807, 2.05) is 45.0 Å². The third-order valence-electron chi connectivity index (χ3n) is 2.46. The van der Waals surface area contributed by atoms with E-state index in [4.69, 9.17) is 4.74 Å². The first-order valence-electron chi connectivity index (χ1n) is 6.43. The molecule has 0 unspecified atom stereocenters. The molecule has 0 N–H and O–H groups in total. The van der Waals surface area contributed by atoms with Crippen molar-refractivity contribution in [2.24, 2.45) is 0 Å². The zero-order chi connectivity index (χ0) is 14.7. The number of carbonyl (C=O) groups is 1. The van der Waals surface area contributed by atoms with Crippen molar-refractivity contribution in [3.05, 3.63) is 35.4 Å². The smallest absolute Gasteiger partial charge is 0.385 e. The third-order valence-corrected chi connectivity index (χ3v) is 2.46. The number of benzene rings is 1. The molecule has 0 aliphatic heterocycles. The van der Waals surface area contributed by atoms with Crippen molar-refractivity contribution < 1.29 is 9.53 Å². The highest BCUT2D eigenvalue weighted by atomic mass is 16.6. The molecule has 0 aromatic heterocycles. The monoisotopic (exact) mass is 258 g/mol. The van der Waals surface area contributed by atoms with Crippen molar-refractivity contribution in [1.82, 2.24) is 0 Å². The SMILES string of the molecule is CC(C)(C)OC(=O)C#Cc1ccc(C(C)(C)C)cc1. The van der Waals surface area contributed by atoms with Crippen LogP contribution >= 0.6 is 0 Å². The second-order valence-electron chi connectivity index (χ2n) is 6.58. The van der Waals surface area contributed by atoms with Crippen LogP contribution in [0.4, 0.5) is 0 Å². The van der Waals surface area contributed by atoms with Crippen LogP contribution in [0.5, 0.6) is 0 Å². The molecule has 2 heteroatoms. The molecule has 0 aliphatic rings. The largest absolute Gasteiger partial charge is 0.450 e. The lowest BCUT2D eigenvalue weighted by molar-refractivity contribution is -0.147. The van der Waals surface area contributed by atoms with Crippen LogP contribution in [0.15, 0.2) is 24.3 Å². The van der Waals surface area contributed by atoms with E-state index in [-0.39, 0.29) is 5.41 Å². The third kappa shape index (κ3) is 5.61. The zero-order valence-electron chi connectivity index (χ0n) is 12.6. The minimum absolute atomic E-state index is 0.122. The maximum Gasteiger partial charge on any atom is 0.385 e. The van der Waals surface area contributed by atoms with Gasteiger partial charge in [0.05, 0.1) is 0 Å². The fraction of sp³-hybridized carbons (Fsp3) is 0.471. The molecule has 2 nitrogen and oxygen atoms in total. The first kappa shape index (κ1) is 15.3. The first-order valence-corrected chi connectivity index (χ1v) is 6.43. The van der Waals surface area contributed by atoms with Crippen LogP contribution in [-0.4, -0.2) is 11.6 Å². The molecule has 102 valence electrons. The predicted octanol–water partition coefficient (Wildman–Crippen LogP) is 3.68. The summed E-state index contributed by atoms with van der Waals surface area (Å²) in [7, 11) is 0. The highest BCUT2D eigenvalue weighted by Crippen LogP contribution is 2.21. The number of hydrogen-bond donors (Lipinski definition) is 0. The van der Waals surface area contributed by atoms with Crippen LogP contribution in [0.2, 0.25) is 0 Å². The van der Waals surface area contributed by atoms with Crippen LogP contribution in [0.1, 0.15) is 52.7 Å². The van der Waals surface area contributed by atoms with E-state index >= 15 is 0 Å². The zero-order valence-corrected chi connectivity index (χ0v) is 12.6. The number of hydrogen-bond acceptors (Lipinski definition) is 2. The van der Waals surface area contributed by atoms with Crippen molar-refractivity contribution in [3.63, 3.8) is 0 Å². The van der Waals surface area contributed by atoms with Gasteiger partial charge in [-0.05, 0) is 43.9 Å². The minimum Gasteiger partial charge on any atom is -0.450 e. The Labute approximate surface area is 116 Å². The summed E-state index contributed by atoms with van der Waals surface area (Å²) in [5.74, 6) is 4.83. The highest BCUT2D eigenvalue weighted by Gasteiger charge is 2.14. The second kappa shape index (κ2) is 5.48. The summed E-state index contributed by atoms with van der Waals surface area (Å²) in [6, 6.07) is 7.94. The first-order chi connectivity index (χ1) is 8.58. The fourth-order valence-electron chi connectivity index (χ4n) is 1.48. The van der Waals surface area contributed by atoms with Gasteiger partial charge in [-0.2, -0.15) is 0 Å². The molecule has 0 heterocycles. The summed E-state index contributed by atoms with van der Waals surface area (Å²) in [4.78, 5) is 11.5. The Morgan fingerprint density at radius 3 is 1.95 bits per heavy atom. The summed E-state index contributed by atoms with van der Waals surface area (Å²) in [6.07, 6.45) is 0. The van der Waals surface area contributed by atoms with E-state index in [1.54, 1.807) is 0 Å². The number of ether oxygens (including phenoxy) is 1. The van der Waals surface area contributed by atoms with E-state index in [1.165, 1.54) is 5.56 Å². The van der Waals surface area contributed by atoms with Gasteiger partial charge in [-0.15, -0.1) is 0 Å². The number of esters is 1. The van der Waals surface area contributed by atoms with E-state index in [2.05, 4.69) is 32.6 Å². The fourth-order valence-corrected chi connectivity index (χ4v) is 1.48. The Morgan fingerprint density at radius 2 is 1.53 bits per heavy atom. The molecule has 0 radical (unpaired) electrons. The molecule has 0 amide bonds. The Balaban J connectivity index is 2.77. The van der Waals surface area contributed by atoms with Crippen molar-refractivity contribution in [1.29, 1.82) is 0 Å². The van der Waals surface area contributed by atoms with Crippen molar-refractivity contribution >= 4 is 5.97 Å². The van der Waals surface area contributed by atoms with Crippen LogP contribution in [-0.2, 0) is 14.9 Å². The van der Waals surface area contributed by atoms with Gasteiger partial charge in [-0.1, -0.05) is 38.8 Å². The van der Waals surface area contributed by atoms with E-state index in [0.717, 1.165) is 5.56 Å². The standard InChI is InChI=1S/C17H22O2/c1-16(2,3)14-10-7-13(8-11-14)9-12-15(18)19-17(4,5)6/h7-8,10-11H,1-6H3. The lowest BCUT2D eigenvalue weighted by atomic mass is 9.87. The molecule has 0 atom stereocenters. The lowest BCUT2D eigenvalue weighted by Gasteiger charge is -2.18. The van der Waals surface area contributed by atoms with Crippen molar-refractivity contribution in [3.8, 4) is 11.8 Å². The Bertz CT molecular complexity index is 499. The van der Waals surface area contributed by atoms with Gasteiger partial charge in [0.1, 0.15) is 5.60 Å². The molecule has 0 bridgehead atoms. The van der Waals surface area contributed by atoms with E-state index < -0.39 is 11.6 Å². The average Bonchev–Trinajstić information content (AvgIpc) is 2.23. The van der Waals surface area contributed by atoms with Crippen LogP contribution in [0.3, 0.4) is 0 Å². The molecular formula is C17H22O2. The van der Waals surface area contributed by atoms with Gasteiger partial charge in [-0.25, -0.2) is 4.79 Å². The summed E-state index contributed by atoms with van der Waals surface area (Å²) in [5, 5.41) is 0. The topological polar surface area (TPSA) is 26.3 Å². The normalized spacial score (nSPS) is 11.5.